The lowest BCUT2D eigenvalue weighted by atomic mass is 10.1. The van der Waals surface area contributed by atoms with Crippen LogP contribution in [0.4, 0.5) is 17.3 Å². The van der Waals surface area contributed by atoms with Crippen LogP contribution in [0.5, 0.6) is 0 Å². The maximum absolute atomic E-state index is 9.21. The summed E-state index contributed by atoms with van der Waals surface area (Å²) in [7, 11) is 0. The minimum atomic E-state index is 0.633. The Morgan fingerprint density at radius 3 is 2.80 bits per heavy atom. The fourth-order valence-corrected chi connectivity index (χ4v) is 1.83. The zero-order valence-electron chi connectivity index (χ0n) is 11.6. The van der Waals surface area contributed by atoms with Gasteiger partial charge in [-0.05, 0) is 25.0 Å². The molecule has 0 amide bonds. The summed E-state index contributed by atoms with van der Waals surface area (Å²) in [4.78, 5) is 8.33. The Balaban J connectivity index is 2.22. The molecule has 0 fully saturated rings. The zero-order chi connectivity index (χ0) is 14.4. The van der Waals surface area contributed by atoms with E-state index in [-0.39, 0.29) is 0 Å². The van der Waals surface area contributed by atoms with Gasteiger partial charge in [0.25, 0.3) is 0 Å². The summed E-state index contributed by atoms with van der Waals surface area (Å²) in [6, 6.07) is 9.74. The van der Waals surface area contributed by atoms with Crippen molar-refractivity contribution in [1.82, 2.24) is 9.97 Å². The van der Waals surface area contributed by atoms with E-state index >= 15 is 0 Å². The Morgan fingerprint density at radius 2 is 2.05 bits per heavy atom. The second-order valence-electron chi connectivity index (χ2n) is 4.45. The average molecular weight is 267 g/mol. The molecule has 0 spiro atoms. The van der Waals surface area contributed by atoms with Gasteiger partial charge in [0.05, 0.1) is 11.3 Å². The highest BCUT2D eigenvalue weighted by Crippen LogP contribution is 2.22. The standard InChI is InChI=1S/C15H17N5/c1-3-7-17-14-8-15(19-10-18-14)20-13-6-4-5-11(2)12(13)9-16/h4-6,8,10H,3,7H2,1-2H3,(H2,17,18,19,20). The highest BCUT2D eigenvalue weighted by Gasteiger charge is 2.06. The van der Waals surface area contributed by atoms with Gasteiger partial charge in [-0.3, -0.25) is 0 Å². The van der Waals surface area contributed by atoms with E-state index in [4.69, 9.17) is 0 Å². The second kappa shape index (κ2) is 6.53. The van der Waals surface area contributed by atoms with E-state index in [0.29, 0.717) is 11.4 Å². The Kier molecular flexibility index (Phi) is 4.51. The van der Waals surface area contributed by atoms with Crippen molar-refractivity contribution in [1.29, 1.82) is 5.26 Å². The summed E-state index contributed by atoms with van der Waals surface area (Å²) in [5.74, 6) is 1.44. The number of aryl methyl sites for hydroxylation is 1. The number of nitrogens with one attached hydrogen (secondary N) is 2. The van der Waals surface area contributed by atoms with Crippen LogP contribution in [-0.2, 0) is 0 Å². The topological polar surface area (TPSA) is 73.6 Å². The van der Waals surface area contributed by atoms with Crippen LogP contribution in [0.1, 0.15) is 24.5 Å². The van der Waals surface area contributed by atoms with Crippen molar-refractivity contribution in [3.63, 3.8) is 0 Å². The average Bonchev–Trinajstić information content (AvgIpc) is 2.46. The molecular formula is C15H17N5. The van der Waals surface area contributed by atoms with Gasteiger partial charge in [-0.1, -0.05) is 19.1 Å². The molecule has 0 atom stereocenters. The van der Waals surface area contributed by atoms with Crippen LogP contribution < -0.4 is 10.6 Å². The van der Waals surface area contributed by atoms with Crippen molar-refractivity contribution < 1.29 is 0 Å². The third kappa shape index (κ3) is 3.23. The predicted octanol–water partition coefficient (Wildman–Crippen LogP) is 3.22. The molecular weight excluding hydrogens is 250 g/mol. The number of nitrogens with zero attached hydrogens (tertiary/aromatic N) is 3. The lowest BCUT2D eigenvalue weighted by molar-refractivity contribution is 0.965. The fraction of sp³-hybridized carbons (Fsp3) is 0.267. The van der Waals surface area contributed by atoms with Crippen LogP contribution in [-0.4, -0.2) is 16.5 Å². The maximum atomic E-state index is 9.21. The lowest BCUT2D eigenvalue weighted by Gasteiger charge is -2.10. The minimum absolute atomic E-state index is 0.633. The van der Waals surface area contributed by atoms with Gasteiger partial charge in [0.2, 0.25) is 0 Å². The summed E-state index contributed by atoms with van der Waals surface area (Å²) < 4.78 is 0. The summed E-state index contributed by atoms with van der Waals surface area (Å²) in [6.45, 7) is 4.88. The molecule has 0 saturated carbocycles. The molecule has 1 heterocycles. The highest BCUT2D eigenvalue weighted by molar-refractivity contribution is 5.67. The van der Waals surface area contributed by atoms with E-state index in [1.807, 2.05) is 31.2 Å². The number of hydrogen-bond donors (Lipinski definition) is 2. The SMILES string of the molecule is CCCNc1cc(Nc2cccc(C)c2C#N)ncn1. The van der Waals surface area contributed by atoms with Crippen molar-refractivity contribution in [3.05, 3.63) is 41.7 Å². The van der Waals surface area contributed by atoms with Gasteiger partial charge in [-0.2, -0.15) is 5.26 Å². The van der Waals surface area contributed by atoms with E-state index in [1.54, 1.807) is 0 Å². The smallest absolute Gasteiger partial charge is 0.135 e. The molecule has 0 bridgehead atoms. The number of nitriles is 1. The van der Waals surface area contributed by atoms with Crippen LogP contribution in [0.15, 0.2) is 30.6 Å². The van der Waals surface area contributed by atoms with E-state index < -0.39 is 0 Å². The van der Waals surface area contributed by atoms with E-state index in [9.17, 15) is 5.26 Å². The number of rotatable bonds is 5. The Morgan fingerprint density at radius 1 is 1.25 bits per heavy atom. The molecule has 1 aromatic carbocycles. The van der Waals surface area contributed by atoms with Crippen LogP contribution in [0, 0.1) is 18.3 Å². The first-order chi connectivity index (χ1) is 9.74. The van der Waals surface area contributed by atoms with Crippen LogP contribution >= 0.6 is 0 Å². The first-order valence-corrected chi connectivity index (χ1v) is 6.57. The molecule has 1 aromatic heterocycles. The monoisotopic (exact) mass is 267 g/mol. The quantitative estimate of drug-likeness (QED) is 0.870. The third-order valence-corrected chi connectivity index (χ3v) is 2.87. The van der Waals surface area contributed by atoms with Crippen molar-refractivity contribution in [3.8, 4) is 6.07 Å². The molecule has 20 heavy (non-hydrogen) atoms. The summed E-state index contributed by atoms with van der Waals surface area (Å²) >= 11 is 0. The fourth-order valence-electron chi connectivity index (χ4n) is 1.83. The molecule has 0 saturated heterocycles. The van der Waals surface area contributed by atoms with Gasteiger partial charge >= 0.3 is 0 Å². The maximum Gasteiger partial charge on any atom is 0.135 e. The first-order valence-electron chi connectivity index (χ1n) is 6.57. The minimum Gasteiger partial charge on any atom is -0.370 e. The summed E-state index contributed by atoms with van der Waals surface area (Å²) in [6.07, 6.45) is 2.53. The zero-order valence-corrected chi connectivity index (χ0v) is 11.6. The summed E-state index contributed by atoms with van der Waals surface area (Å²) in [5, 5.41) is 15.6. The molecule has 0 aliphatic heterocycles. The van der Waals surface area contributed by atoms with Crippen molar-refractivity contribution >= 4 is 17.3 Å². The van der Waals surface area contributed by atoms with Crippen LogP contribution in [0.2, 0.25) is 0 Å². The number of aromatic nitrogens is 2. The largest absolute Gasteiger partial charge is 0.370 e. The van der Waals surface area contributed by atoms with Crippen LogP contribution in [0.3, 0.4) is 0 Å². The molecule has 2 aromatic rings. The van der Waals surface area contributed by atoms with E-state index in [1.165, 1.54) is 6.33 Å². The molecule has 0 aliphatic rings. The van der Waals surface area contributed by atoms with Gasteiger partial charge in [0, 0.05) is 12.6 Å². The predicted molar refractivity (Wildman–Crippen MR) is 80.0 cm³/mol. The molecule has 5 nitrogen and oxygen atoms in total. The molecule has 0 radical (unpaired) electrons. The highest BCUT2D eigenvalue weighted by atomic mass is 15.1. The molecule has 2 N–H and O–H groups in total. The summed E-state index contributed by atoms with van der Waals surface area (Å²) in [5.41, 5.74) is 2.33. The normalized spacial score (nSPS) is 9.85. The molecule has 2 rings (SSSR count). The van der Waals surface area contributed by atoms with Gasteiger partial charge in [0.15, 0.2) is 0 Å². The second-order valence-corrected chi connectivity index (χ2v) is 4.45. The Bertz CT molecular complexity index is 630. The van der Waals surface area contributed by atoms with Crippen molar-refractivity contribution in [2.45, 2.75) is 20.3 Å². The number of hydrogen-bond acceptors (Lipinski definition) is 5. The lowest BCUT2D eigenvalue weighted by Crippen LogP contribution is -2.04. The van der Waals surface area contributed by atoms with Crippen molar-refractivity contribution in [2.24, 2.45) is 0 Å². The Labute approximate surface area is 118 Å². The molecule has 102 valence electrons. The number of anilines is 3. The number of benzene rings is 1. The Hall–Kier alpha value is -2.61. The molecule has 0 aliphatic carbocycles. The van der Waals surface area contributed by atoms with Gasteiger partial charge in [-0.25, -0.2) is 9.97 Å². The van der Waals surface area contributed by atoms with Gasteiger partial charge < -0.3 is 10.6 Å². The molecule has 0 unspecified atom stereocenters. The van der Waals surface area contributed by atoms with E-state index in [2.05, 4.69) is 33.6 Å². The molecule has 5 heteroatoms. The van der Waals surface area contributed by atoms with Gasteiger partial charge in [0.1, 0.15) is 24.0 Å². The first kappa shape index (κ1) is 13.8. The van der Waals surface area contributed by atoms with Crippen LogP contribution in [0.25, 0.3) is 0 Å². The van der Waals surface area contributed by atoms with E-state index in [0.717, 1.165) is 30.0 Å². The van der Waals surface area contributed by atoms with Crippen molar-refractivity contribution in [2.75, 3.05) is 17.2 Å². The third-order valence-electron chi connectivity index (χ3n) is 2.87. The van der Waals surface area contributed by atoms with Gasteiger partial charge in [-0.15, -0.1) is 0 Å².